The summed E-state index contributed by atoms with van der Waals surface area (Å²) in [4.78, 5) is 12.8. The second-order valence-electron chi connectivity index (χ2n) is 4.76. The lowest BCUT2D eigenvalue weighted by atomic mass is 10.1. The Hall–Kier alpha value is -1.63. The number of nitrogens with zero attached hydrogens (tertiary/aromatic N) is 1. The first-order valence-electron chi connectivity index (χ1n) is 6.33. The molecule has 0 unspecified atom stereocenters. The average molecular weight is 301 g/mol. The molecule has 1 aliphatic heterocycles. The normalized spacial score (nSPS) is 19.7. The van der Waals surface area contributed by atoms with E-state index in [0.717, 1.165) is 6.07 Å². The highest BCUT2D eigenvalue weighted by Gasteiger charge is 2.33. The topological polar surface area (TPSA) is 63.7 Å². The fourth-order valence-electron chi connectivity index (χ4n) is 2.18. The van der Waals surface area contributed by atoms with E-state index in [9.17, 15) is 17.6 Å². The highest BCUT2D eigenvalue weighted by Crippen LogP contribution is 2.22. The van der Waals surface area contributed by atoms with Crippen molar-refractivity contribution in [3.63, 3.8) is 0 Å². The number of hydrogen-bond acceptors (Lipinski definition) is 4. The summed E-state index contributed by atoms with van der Waals surface area (Å²) in [6, 6.07) is 4.98. The van der Waals surface area contributed by atoms with Gasteiger partial charge in [-0.2, -0.15) is 8.42 Å². The van der Waals surface area contributed by atoms with E-state index in [-0.39, 0.29) is 18.2 Å². The van der Waals surface area contributed by atoms with Crippen LogP contribution in [0.5, 0.6) is 5.75 Å². The largest absolute Gasteiger partial charge is 0.382 e. The van der Waals surface area contributed by atoms with Gasteiger partial charge in [0.25, 0.3) is 0 Å². The minimum Gasteiger partial charge on any atom is -0.382 e. The van der Waals surface area contributed by atoms with Gasteiger partial charge >= 0.3 is 10.1 Å². The smallest absolute Gasteiger partial charge is 0.313 e. The summed E-state index contributed by atoms with van der Waals surface area (Å²) in [5, 5.41) is -0.775. The van der Waals surface area contributed by atoms with Gasteiger partial charge in [0.2, 0.25) is 5.91 Å². The Balaban J connectivity index is 2.12. The van der Waals surface area contributed by atoms with Crippen molar-refractivity contribution >= 4 is 16.0 Å². The number of hydrogen-bond donors (Lipinski definition) is 0. The van der Waals surface area contributed by atoms with Crippen molar-refractivity contribution in [2.75, 3.05) is 13.1 Å². The highest BCUT2D eigenvalue weighted by atomic mass is 32.2. The predicted octanol–water partition coefficient (Wildman–Crippen LogP) is 1.55. The van der Waals surface area contributed by atoms with Crippen LogP contribution in [-0.4, -0.2) is 37.6 Å². The van der Waals surface area contributed by atoms with Gasteiger partial charge in [0.1, 0.15) is 16.8 Å². The fraction of sp³-hybridized carbons (Fsp3) is 0.462. The van der Waals surface area contributed by atoms with Crippen molar-refractivity contribution in [3.8, 4) is 5.75 Å². The zero-order valence-electron chi connectivity index (χ0n) is 11.1. The van der Waals surface area contributed by atoms with E-state index >= 15 is 0 Å². The van der Waals surface area contributed by atoms with Crippen molar-refractivity contribution in [3.05, 3.63) is 30.1 Å². The second-order valence-corrected chi connectivity index (χ2v) is 6.58. The minimum absolute atomic E-state index is 0.0510. The molecule has 1 aliphatic rings. The molecule has 0 aliphatic carbocycles. The molecule has 0 aromatic heterocycles. The molecule has 1 aromatic rings. The summed E-state index contributed by atoms with van der Waals surface area (Å²) in [7, 11) is -3.88. The maximum atomic E-state index is 13.0. The SMILES string of the molecule is CC(=O)N1CCC[C@H](S(=O)(=O)Oc2cccc(F)c2)C1. The summed E-state index contributed by atoms with van der Waals surface area (Å²) in [5.41, 5.74) is 0. The number of carbonyl (C=O) groups excluding carboxylic acids is 1. The molecule has 0 radical (unpaired) electrons. The molecule has 1 saturated heterocycles. The molecule has 1 aromatic carbocycles. The van der Waals surface area contributed by atoms with Crippen LogP contribution in [-0.2, 0) is 14.9 Å². The summed E-state index contributed by atoms with van der Waals surface area (Å²) >= 11 is 0. The fourth-order valence-corrected chi connectivity index (χ4v) is 3.51. The molecule has 1 heterocycles. The average Bonchev–Trinajstić information content (AvgIpc) is 2.38. The Morgan fingerprint density at radius 2 is 2.20 bits per heavy atom. The van der Waals surface area contributed by atoms with E-state index in [1.54, 1.807) is 0 Å². The molecule has 1 fully saturated rings. The first kappa shape index (κ1) is 14.8. The minimum atomic E-state index is -3.88. The van der Waals surface area contributed by atoms with Crippen molar-refractivity contribution in [2.24, 2.45) is 0 Å². The van der Waals surface area contributed by atoms with Crippen molar-refractivity contribution in [1.29, 1.82) is 0 Å². The quantitative estimate of drug-likeness (QED) is 0.795. The van der Waals surface area contributed by atoms with Crippen LogP contribution < -0.4 is 4.18 Å². The van der Waals surface area contributed by atoms with Crippen LogP contribution in [0.25, 0.3) is 0 Å². The Morgan fingerprint density at radius 1 is 1.45 bits per heavy atom. The van der Waals surface area contributed by atoms with Gasteiger partial charge in [-0.15, -0.1) is 0 Å². The Bertz CT molecular complexity index is 602. The van der Waals surface area contributed by atoms with Crippen molar-refractivity contribution in [2.45, 2.75) is 25.0 Å². The highest BCUT2D eigenvalue weighted by molar-refractivity contribution is 7.87. The molecule has 0 bridgehead atoms. The van der Waals surface area contributed by atoms with E-state index in [1.807, 2.05) is 0 Å². The van der Waals surface area contributed by atoms with E-state index in [0.29, 0.717) is 19.4 Å². The molecule has 0 spiro atoms. The molecule has 7 heteroatoms. The maximum Gasteiger partial charge on any atom is 0.313 e. The maximum absolute atomic E-state index is 13.0. The molecule has 110 valence electrons. The molecule has 20 heavy (non-hydrogen) atoms. The number of amides is 1. The summed E-state index contributed by atoms with van der Waals surface area (Å²) in [5.74, 6) is -0.771. The molecule has 0 saturated carbocycles. The zero-order chi connectivity index (χ0) is 14.8. The van der Waals surface area contributed by atoms with Gasteiger partial charge in [-0.3, -0.25) is 4.79 Å². The first-order valence-corrected chi connectivity index (χ1v) is 7.80. The van der Waals surface area contributed by atoms with Gasteiger partial charge in [0.15, 0.2) is 0 Å². The monoisotopic (exact) mass is 301 g/mol. The number of rotatable bonds is 3. The van der Waals surface area contributed by atoms with Crippen molar-refractivity contribution in [1.82, 2.24) is 4.90 Å². The van der Waals surface area contributed by atoms with E-state index < -0.39 is 21.2 Å². The van der Waals surface area contributed by atoms with Crippen LogP contribution in [0.3, 0.4) is 0 Å². The molecular formula is C13H16FNO4S. The first-order chi connectivity index (χ1) is 9.38. The van der Waals surface area contributed by atoms with Gasteiger partial charge in [0, 0.05) is 26.1 Å². The lowest BCUT2D eigenvalue weighted by Crippen LogP contribution is -2.45. The second kappa shape index (κ2) is 5.78. The Morgan fingerprint density at radius 3 is 2.85 bits per heavy atom. The van der Waals surface area contributed by atoms with Gasteiger partial charge in [-0.05, 0) is 25.0 Å². The van der Waals surface area contributed by atoms with Gasteiger partial charge in [-0.1, -0.05) is 6.07 Å². The van der Waals surface area contributed by atoms with Crippen LogP contribution in [0.4, 0.5) is 4.39 Å². The van der Waals surface area contributed by atoms with Crippen LogP contribution >= 0.6 is 0 Å². The molecule has 2 rings (SSSR count). The molecular weight excluding hydrogens is 285 g/mol. The summed E-state index contributed by atoms with van der Waals surface area (Å²) in [6.07, 6.45) is 1.04. The molecule has 1 atom stereocenters. The Labute approximate surface area is 117 Å². The van der Waals surface area contributed by atoms with Gasteiger partial charge < -0.3 is 9.08 Å². The van der Waals surface area contributed by atoms with Crippen LogP contribution in [0, 0.1) is 5.82 Å². The standard InChI is InChI=1S/C13H16FNO4S/c1-10(16)15-7-3-6-13(9-15)20(17,18)19-12-5-2-4-11(14)8-12/h2,4-5,8,13H,3,6-7,9H2,1H3/t13-/m0/s1. The van der Waals surface area contributed by atoms with Crippen molar-refractivity contribution < 1.29 is 21.8 Å². The van der Waals surface area contributed by atoms with E-state index in [1.165, 1.54) is 30.0 Å². The van der Waals surface area contributed by atoms with Crippen LogP contribution in [0.1, 0.15) is 19.8 Å². The third-order valence-corrected chi connectivity index (χ3v) is 4.87. The third-order valence-electron chi connectivity index (χ3n) is 3.24. The predicted molar refractivity (Wildman–Crippen MR) is 71.2 cm³/mol. The molecule has 1 amide bonds. The van der Waals surface area contributed by atoms with E-state index in [4.69, 9.17) is 4.18 Å². The number of likely N-dealkylation sites (tertiary alicyclic amines) is 1. The lowest BCUT2D eigenvalue weighted by Gasteiger charge is -2.31. The molecule has 5 nitrogen and oxygen atoms in total. The number of benzene rings is 1. The summed E-state index contributed by atoms with van der Waals surface area (Å²) in [6.45, 7) is 2.08. The molecule has 0 N–H and O–H groups in total. The third kappa shape index (κ3) is 3.47. The van der Waals surface area contributed by atoms with Gasteiger partial charge in [0.05, 0.1) is 0 Å². The van der Waals surface area contributed by atoms with Crippen LogP contribution in [0.15, 0.2) is 24.3 Å². The van der Waals surface area contributed by atoms with Crippen LogP contribution in [0.2, 0.25) is 0 Å². The zero-order valence-corrected chi connectivity index (χ0v) is 11.9. The summed E-state index contributed by atoms with van der Waals surface area (Å²) < 4.78 is 42.3. The Kier molecular flexibility index (Phi) is 4.27. The van der Waals surface area contributed by atoms with Gasteiger partial charge in [-0.25, -0.2) is 4.39 Å². The number of piperidine rings is 1. The number of carbonyl (C=O) groups is 1. The number of halogens is 1. The van der Waals surface area contributed by atoms with E-state index in [2.05, 4.69) is 0 Å². The lowest BCUT2D eigenvalue weighted by molar-refractivity contribution is -0.129.